The molecule has 0 N–H and O–H groups in total. The second-order valence-electron chi connectivity index (χ2n) is 18.0. The van der Waals surface area contributed by atoms with Crippen molar-refractivity contribution in [2.75, 3.05) is 0 Å². The molecule has 0 aromatic heterocycles. The zero-order chi connectivity index (χ0) is 32.6. The Morgan fingerprint density at radius 3 is 1.12 bits per heavy atom. The molecule has 0 aliphatic heterocycles. The van der Waals surface area contributed by atoms with E-state index in [4.69, 9.17) is 0 Å². The quantitative estimate of drug-likeness (QED) is 0.284. The van der Waals surface area contributed by atoms with E-state index in [2.05, 4.69) is 90.0 Å². The molecule has 0 spiro atoms. The summed E-state index contributed by atoms with van der Waals surface area (Å²) in [6.45, 7) is 31.0. The summed E-state index contributed by atoms with van der Waals surface area (Å²) in [6, 6.07) is 0. The van der Waals surface area contributed by atoms with Crippen molar-refractivity contribution in [1.82, 2.24) is 0 Å². The first-order chi connectivity index (χ1) is 20.3. The fourth-order valence-electron chi connectivity index (χ4n) is 10.3. The molecule has 0 aromatic rings. The van der Waals surface area contributed by atoms with Crippen molar-refractivity contribution in [3.05, 3.63) is 0 Å². The minimum Gasteiger partial charge on any atom is -0.0651 e. The van der Waals surface area contributed by atoms with Crippen LogP contribution in [0.5, 0.6) is 0 Å². The first-order valence-corrected chi connectivity index (χ1v) is 20.3. The van der Waals surface area contributed by atoms with Crippen molar-refractivity contribution in [2.24, 2.45) is 70.5 Å². The first kappa shape index (κ1) is 41.0. The van der Waals surface area contributed by atoms with Crippen molar-refractivity contribution < 1.29 is 0 Å². The second-order valence-corrected chi connectivity index (χ2v) is 18.0. The van der Waals surface area contributed by atoms with Gasteiger partial charge in [-0.2, -0.15) is 0 Å². The highest BCUT2D eigenvalue weighted by molar-refractivity contribution is 4.84. The lowest BCUT2D eigenvalue weighted by Crippen LogP contribution is -2.31. The minimum atomic E-state index is 0.617. The van der Waals surface area contributed by atoms with Crippen molar-refractivity contribution in [3.63, 3.8) is 0 Å². The summed E-state index contributed by atoms with van der Waals surface area (Å²) in [6.07, 6.45) is 26.5. The Kier molecular flexibility index (Phi) is 20.7. The number of hydrogen-bond acceptors (Lipinski definition) is 0. The highest BCUT2D eigenvalue weighted by Gasteiger charge is 2.33. The monoisotopic (exact) mass is 603 g/mol. The van der Waals surface area contributed by atoms with Crippen LogP contribution in [0.2, 0.25) is 0 Å². The van der Waals surface area contributed by atoms with Crippen molar-refractivity contribution >= 4 is 0 Å². The van der Waals surface area contributed by atoms with Gasteiger partial charge in [0.1, 0.15) is 0 Å². The largest absolute Gasteiger partial charge is 0.0651 e. The maximum Gasteiger partial charge on any atom is -0.0323 e. The van der Waals surface area contributed by atoms with Crippen molar-refractivity contribution in [3.8, 4) is 0 Å². The maximum absolute atomic E-state index is 2.44. The predicted octanol–water partition coefficient (Wildman–Crippen LogP) is 15.0. The van der Waals surface area contributed by atoms with Crippen LogP contribution in [0.1, 0.15) is 206 Å². The molecule has 43 heavy (non-hydrogen) atoms. The summed E-state index contributed by atoms with van der Waals surface area (Å²) in [4.78, 5) is 0. The molecule has 4 saturated carbocycles. The Morgan fingerprint density at radius 2 is 0.837 bits per heavy atom. The molecule has 0 radical (unpaired) electrons. The average molecular weight is 603 g/mol. The van der Waals surface area contributed by atoms with Gasteiger partial charge >= 0.3 is 0 Å². The summed E-state index contributed by atoms with van der Waals surface area (Å²) in [5.74, 6) is 10.8. The maximum atomic E-state index is 2.44. The molecule has 4 aliphatic carbocycles. The Hall–Kier alpha value is 0. The van der Waals surface area contributed by atoms with E-state index in [0.717, 1.165) is 65.1 Å². The Balaban J connectivity index is 0.000000287. The zero-order valence-corrected chi connectivity index (χ0v) is 32.6. The van der Waals surface area contributed by atoms with Gasteiger partial charge in [-0.05, 0) is 103 Å². The molecule has 0 saturated heterocycles. The lowest BCUT2D eigenvalue weighted by Gasteiger charge is -2.41. The highest BCUT2D eigenvalue weighted by Crippen LogP contribution is 2.44. The SMILES string of the molecule is CC(C)C1CCCCC1(C)C.CC(C)C1CCCCC1C.CCC1CCCCC1C(C)C.CCC1CCCCC1C(C)C. The molecular formula is C43H86. The van der Waals surface area contributed by atoms with Gasteiger partial charge in [-0.1, -0.05) is 173 Å². The highest BCUT2D eigenvalue weighted by atomic mass is 14.4. The molecule has 258 valence electrons. The molecule has 4 rings (SSSR count). The molecule has 0 heteroatoms. The van der Waals surface area contributed by atoms with Crippen LogP contribution in [0.4, 0.5) is 0 Å². The lowest BCUT2D eigenvalue weighted by molar-refractivity contribution is 0.0958. The van der Waals surface area contributed by atoms with Gasteiger partial charge in [0.15, 0.2) is 0 Å². The van der Waals surface area contributed by atoms with Gasteiger partial charge in [0.05, 0.1) is 0 Å². The number of rotatable bonds is 6. The molecule has 7 unspecified atom stereocenters. The van der Waals surface area contributed by atoms with E-state index in [1.54, 1.807) is 0 Å². The molecule has 4 aliphatic rings. The van der Waals surface area contributed by atoms with Gasteiger partial charge in [0, 0.05) is 0 Å². The normalized spacial score (nSPS) is 32.7. The molecule has 0 aromatic carbocycles. The predicted molar refractivity (Wildman–Crippen MR) is 198 cm³/mol. The van der Waals surface area contributed by atoms with Crippen LogP contribution in [-0.4, -0.2) is 0 Å². The van der Waals surface area contributed by atoms with Crippen molar-refractivity contribution in [2.45, 2.75) is 206 Å². The van der Waals surface area contributed by atoms with Crippen LogP contribution >= 0.6 is 0 Å². The molecule has 0 nitrogen and oxygen atoms in total. The van der Waals surface area contributed by atoms with E-state index in [1.807, 2.05) is 0 Å². The second kappa shape index (κ2) is 21.7. The first-order valence-electron chi connectivity index (χ1n) is 20.3. The van der Waals surface area contributed by atoms with E-state index in [1.165, 1.54) is 116 Å². The zero-order valence-electron chi connectivity index (χ0n) is 32.6. The summed E-state index contributed by atoms with van der Waals surface area (Å²) in [5, 5.41) is 0. The lowest BCUT2D eigenvalue weighted by atomic mass is 9.65. The average Bonchev–Trinajstić information content (AvgIpc) is 2.97. The van der Waals surface area contributed by atoms with Crippen LogP contribution in [0.15, 0.2) is 0 Å². The van der Waals surface area contributed by atoms with Crippen molar-refractivity contribution in [1.29, 1.82) is 0 Å². The van der Waals surface area contributed by atoms with E-state index < -0.39 is 0 Å². The van der Waals surface area contributed by atoms with E-state index in [-0.39, 0.29) is 0 Å². The van der Waals surface area contributed by atoms with Crippen LogP contribution in [0, 0.1) is 70.5 Å². The van der Waals surface area contributed by atoms with Gasteiger partial charge in [0.2, 0.25) is 0 Å². The Labute approximate surface area is 275 Å². The Morgan fingerprint density at radius 1 is 0.465 bits per heavy atom. The van der Waals surface area contributed by atoms with Crippen LogP contribution in [-0.2, 0) is 0 Å². The molecule has 4 fully saturated rings. The van der Waals surface area contributed by atoms with Crippen LogP contribution in [0.3, 0.4) is 0 Å². The number of hydrogen-bond donors (Lipinski definition) is 0. The Bertz CT molecular complexity index is 625. The van der Waals surface area contributed by atoms with Gasteiger partial charge < -0.3 is 0 Å². The molecule has 0 amide bonds. The standard InChI is InChI=1S/3C11H22.C10H20/c1-9(2)10-7-5-6-8-11(10,3)4;2*1-4-10-7-5-6-8-11(10)9(2)3;1-8(2)10-7-5-4-6-9(10)3/h9-10H,5-8H2,1-4H3;2*9-11H,4-8H2,1-3H3;8-10H,4-7H2,1-3H3. The van der Waals surface area contributed by atoms with Gasteiger partial charge in [0.25, 0.3) is 0 Å². The van der Waals surface area contributed by atoms with E-state index >= 15 is 0 Å². The third-order valence-electron chi connectivity index (χ3n) is 13.1. The summed E-state index contributed by atoms with van der Waals surface area (Å²) < 4.78 is 0. The summed E-state index contributed by atoms with van der Waals surface area (Å²) in [7, 11) is 0. The summed E-state index contributed by atoms with van der Waals surface area (Å²) in [5.41, 5.74) is 0.617. The third-order valence-corrected chi connectivity index (χ3v) is 13.1. The smallest absolute Gasteiger partial charge is 0.0323 e. The molecule has 0 heterocycles. The fourth-order valence-corrected chi connectivity index (χ4v) is 10.3. The van der Waals surface area contributed by atoms with Gasteiger partial charge in [-0.3, -0.25) is 0 Å². The fraction of sp³-hybridized carbons (Fsp3) is 1.00. The minimum absolute atomic E-state index is 0.617. The van der Waals surface area contributed by atoms with Crippen LogP contribution < -0.4 is 0 Å². The van der Waals surface area contributed by atoms with Crippen LogP contribution in [0.25, 0.3) is 0 Å². The molecule has 7 atom stereocenters. The topological polar surface area (TPSA) is 0 Å². The molecule has 0 bridgehead atoms. The third kappa shape index (κ3) is 15.0. The molecular weight excluding hydrogens is 516 g/mol. The van der Waals surface area contributed by atoms with E-state index in [9.17, 15) is 0 Å². The summed E-state index contributed by atoms with van der Waals surface area (Å²) >= 11 is 0. The van der Waals surface area contributed by atoms with E-state index in [0.29, 0.717) is 5.41 Å². The van der Waals surface area contributed by atoms with Gasteiger partial charge in [-0.15, -0.1) is 0 Å². The van der Waals surface area contributed by atoms with Gasteiger partial charge in [-0.25, -0.2) is 0 Å².